The molecule has 1 N–H and O–H groups in total. The summed E-state index contributed by atoms with van der Waals surface area (Å²) < 4.78 is 28.5. The minimum Gasteiger partial charge on any atom is -0.311 e. The lowest BCUT2D eigenvalue weighted by atomic mass is 9.94. The van der Waals surface area contributed by atoms with Crippen molar-refractivity contribution in [3.63, 3.8) is 0 Å². The highest BCUT2D eigenvalue weighted by Gasteiger charge is 2.30. The Balaban J connectivity index is 2.24. The second-order valence-electron chi connectivity index (χ2n) is 6.01. The van der Waals surface area contributed by atoms with E-state index in [0.717, 1.165) is 19.5 Å². The zero-order chi connectivity index (χ0) is 15.6. The first-order valence-corrected chi connectivity index (χ1v) is 8.33. The Morgan fingerprint density at radius 1 is 1.43 bits per heavy atom. The van der Waals surface area contributed by atoms with Gasteiger partial charge in [-0.2, -0.15) is 0 Å². The van der Waals surface area contributed by atoms with E-state index in [1.165, 1.54) is 12.1 Å². The van der Waals surface area contributed by atoms with E-state index >= 15 is 0 Å². The van der Waals surface area contributed by atoms with Crippen LogP contribution in [0.3, 0.4) is 0 Å². The minimum atomic E-state index is -0.482. The highest BCUT2D eigenvalue weighted by molar-refractivity contribution is 9.10. The van der Waals surface area contributed by atoms with Crippen LogP contribution in [0.1, 0.15) is 32.8 Å². The van der Waals surface area contributed by atoms with Crippen LogP contribution in [0.4, 0.5) is 8.78 Å². The lowest BCUT2D eigenvalue weighted by Gasteiger charge is -2.42. The van der Waals surface area contributed by atoms with Gasteiger partial charge in [-0.3, -0.25) is 4.90 Å². The number of hydrogen-bond acceptors (Lipinski definition) is 2. The normalized spacial score (nSPS) is 25.0. The predicted octanol–water partition coefficient (Wildman–Crippen LogP) is 3.94. The van der Waals surface area contributed by atoms with Crippen molar-refractivity contribution in [2.45, 2.75) is 45.8 Å². The van der Waals surface area contributed by atoms with Gasteiger partial charge in [0.25, 0.3) is 0 Å². The van der Waals surface area contributed by atoms with Crippen molar-refractivity contribution in [1.29, 1.82) is 0 Å². The molecule has 0 aliphatic carbocycles. The van der Waals surface area contributed by atoms with Crippen molar-refractivity contribution >= 4 is 15.9 Å². The average Bonchev–Trinajstić information content (AvgIpc) is 2.47. The van der Waals surface area contributed by atoms with Crippen LogP contribution >= 0.6 is 15.9 Å². The van der Waals surface area contributed by atoms with Gasteiger partial charge in [0.2, 0.25) is 0 Å². The Labute approximate surface area is 134 Å². The van der Waals surface area contributed by atoms with Gasteiger partial charge in [-0.25, -0.2) is 8.78 Å². The number of rotatable bonds is 4. The van der Waals surface area contributed by atoms with E-state index < -0.39 is 11.6 Å². The summed E-state index contributed by atoms with van der Waals surface area (Å²) >= 11 is 3.14. The third-order valence-electron chi connectivity index (χ3n) is 4.45. The molecule has 0 amide bonds. The summed E-state index contributed by atoms with van der Waals surface area (Å²) in [7, 11) is 0. The van der Waals surface area contributed by atoms with Crippen LogP contribution in [0.2, 0.25) is 0 Å². The predicted molar refractivity (Wildman–Crippen MR) is 85.2 cm³/mol. The number of nitrogens with zero attached hydrogens (tertiary/aromatic N) is 1. The van der Waals surface area contributed by atoms with E-state index in [-0.39, 0.29) is 5.56 Å². The summed E-state index contributed by atoms with van der Waals surface area (Å²) in [5, 5.41) is 3.47. The quantitative estimate of drug-likeness (QED) is 0.818. The van der Waals surface area contributed by atoms with E-state index in [9.17, 15) is 8.78 Å². The summed E-state index contributed by atoms with van der Waals surface area (Å²) in [6.07, 6.45) is 1.06. The van der Waals surface area contributed by atoms with Crippen molar-refractivity contribution in [1.82, 2.24) is 10.2 Å². The summed E-state index contributed by atoms with van der Waals surface area (Å²) in [5.74, 6) is -0.461. The third-order valence-corrected chi connectivity index (χ3v) is 5.07. The Hall–Kier alpha value is -0.520. The van der Waals surface area contributed by atoms with Gasteiger partial charge >= 0.3 is 0 Å². The van der Waals surface area contributed by atoms with Crippen LogP contribution in [0.15, 0.2) is 16.6 Å². The number of piperazine rings is 1. The van der Waals surface area contributed by atoms with Crippen molar-refractivity contribution in [3.8, 4) is 0 Å². The van der Waals surface area contributed by atoms with E-state index in [2.05, 4.69) is 46.9 Å². The number of hydrogen-bond donors (Lipinski definition) is 1. The summed E-state index contributed by atoms with van der Waals surface area (Å²) in [6, 6.07) is 3.39. The maximum absolute atomic E-state index is 14.2. The first kappa shape index (κ1) is 16.8. The molecule has 0 aromatic heterocycles. The number of benzene rings is 1. The molecule has 0 bridgehead atoms. The van der Waals surface area contributed by atoms with Crippen LogP contribution in [-0.4, -0.2) is 30.1 Å². The fourth-order valence-electron chi connectivity index (χ4n) is 2.93. The number of nitrogens with one attached hydrogen (secondary N) is 1. The summed E-state index contributed by atoms with van der Waals surface area (Å²) in [6.45, 7) is 8.45. The molecule has 3 unspecified atom stereocenters. The zero-order valence-corrected chi connectivity index (χ0v) is 14.4. The maximum atomic E-state index is 14.2. The Morgan fingerprint density at radius 2 is 2.14 bits per heavy atom. The topological polar surface area (TPSA) is 15.3 Å². The molecule has 1 aliphatic heterocycles. The molecule has 0 radical (unpaired) electrons. The van der Waals surface area contributed by atoms with E-state index in [4.69, 9.17) is 0 Å². The molecule has 2 nitrogen and oxygen atoms in total. The molecule has 1 heterocycles. The Bertz CT molecular complexity index is 495. The van der Waals surface area contributed by atoms with Gasteiger partial charge in [0, 0.05) is 37.3 Å². The molecular formula is C16H23BrF2N2. The third kappa shape index (κ3) is 3.82. The highest BCUT2D eigenvalue weighted by Crippen LogP contribution is 2.26. The van der Waals surface area contributed by atoms with Crippen LogP contribution in [0, 0.1) is 17.6 Å². The standard InChI is InChI=1S/C16H23BrF2N2/c1-4-10(2)15-7-20-11(3)8-21(15)9-12-14(18)6-5-13(17)16(12)19/h5-6,10-11,15,20H,4,7-9H2,1-3H3. The molecule has 0 spiro atoms. The number of halogens is 3. The Kier molecular flexibility index (Phi) is 5.74. The van der Waals surface area contributed by atoms with Crippen LogP contribution in [0.25, 0.3) is 0 Å². The van der Waals surface area contributed by atoms with Crippen molar-refractivity contribution in [2.24, 2.45) is 5.92 Å². The molecule has 5 heteroatoms. The molecule has 118 valence electrons. The minimum absolute atomic E-state index is 0.159. The molecule has 21 heavy (non-hydrogen) atoms. The van der Waals surface area contributed by atoms with Gasteiger partial charge in [0.15, 0.2) is 0 Å². The largest absolute Gasteiger partial charge is 0.311 e. The molecule has 1 aromatic carbocycles. The van der Waals surface area contributed by atoms with Gasteiger partial charge in [-0.05, 0) is 40.9 Å². The van der Waals surface area contributed by atoms with Gasteiger partial charge in [0.05, 0.1) is 4.47 Å². The monoisotopic (exact) mass is 360 g/mol. The van der Waals surface area contributed by atoms with Gasteiger partial charge in [0.1, 0.15) is 11.6 Å². The first-order chi connectivity index (χ1) is 9.93. The van der Waals surface area contributed by atoms with Crippen LogP contribution < -0.4 is 5.32 Å². The van der Waals surface area contributed by atoms with E-state index in [1.54, 1.807) is 0 Å². The Morgan fingerprint density at radius 3 is 2.81 bits per heavy atom. The smallest absolute Gasteiger partial charge is 0.144 e. The molecule has 1 aliphatic rings. The van der Waals surface area contributed by atoms with Crippen molar-refractivity contribution < 1.29 is 8.78 Å². The molecule has 1 saturated heterocycles. The molecular weight excluding hydrogens is 338 g/mol. The molecule has 0 saturated carbocycles. The zero-order valence-electron chi connectivity index (χ0n) is 12.8. The van der Waals surface area contributed by atoms with Crippen molar-refractivity contribution in [2.75, 3.05) is 13.1 Å². The molecule has 1 aromatic rings. The van der Waals surface area contributed by atoms with Gasteiger partial charge in [-0.1, -0.05) is 20.3 Å². The lowest BCUT2D eigenvalue weighted by molar-refractivity contribution is 0.0862. The van der Waals surface area contributed by atoms with Crippen molar-refractivity contribution in [3.05, 3.63) is 33.8 Å². The van der Waals surface area contributed by atoms with Crippen LogP contribution in [-0.2, 0) is 6.54 Å². The lowest BCUT2D eigenvalue weighted by Crippen LogP contribution is -2.57. The highest BCUT2D eigenvalue weighted by atomic mass is 79.9. The molecule has 1 fully saturated rings. The summed E-state index contributed by atoms with van der Waals surface area (Å²) in [4.78, 5) is 2.21. The molecule has 2 rings (SSSR count). The fraction of sp³-hybridized carbons (Fsp3) is 0.625. The summed E-state index contributed by atoms with van der Waals surface area (Å²) in [5.41, 5.74) is 0.159. The maximum Gasteiger partial charge on any atom is 0.144 e. The van der Waals surface area contributed by atoms with E-state index in [1.807, 2.05) is 0 Å². The second-order valence-corrected chi connectivity index (χ2v) is 6.87. The van der Waals surface area contributed by atoms with E-state index in [0.29, 0.717) is 29.0 Å². The SMILES string of the molecule is CCC(C)C1CNC(C)CN1Cc1c(F)ccc(Br)c1F. The average molecular weight is 361 g/mol. The molecule has 3 atom stereocenters. The van der Waals surface area contributed by atoms with Gasteiger partial charge in [-0.15, -0.1) is 0 Å². The van der Waals surface area contributed by atoms with Gasteiger partial charge < -0.3 is 5.32 Å². The first-order valence-electron chi connectivity index (χ1n) is 7.53. The fourth-order valence-corrected chi connectivity index (χ4v) is 3.31. The second kappa shape index (κ2) is 7.16. The van der Waals surface area contributed by atoms with Crippen LogP contribution in [0.5, 0.6) is 0 Å².